The van der Waals surface area contributed by atoms with E-state index in [1.807, 2.05) is 24.3 Å². The number of nitrogens with zero attached hydrogens (tertiary/aromatic N) is 1. The van der Waals surface area contributed by atoms with Gasteiger partial charge in [0.15, 0.2) is 0 Å². The van der Waals surface area contributed by atoms with Crippen LogP contribution in [0.25, 0.3) is 0 Å². The summed E-state index contributed by atoms with van der Waals surface area (Å²) in [4.78, 5) is 19.0. The second kappa shape index (κ2) is 5.29. The second-order valence-corrected chi connectivity index (χ2v) is 5.57. The van der Waals surface area contributed by atoms with Gasteiger partial charge >= 0.3 is 5.97 Å². The number of H-pyrrole nitrogens is 1. The molecule has 4 nitrogen and oxygen atoms in total. The van der Waals surface area contributed by atoms with Crippen molar-refractivity contribution in [2.24, 2.45) is 0 Å². The summed E-state index contributed by atoms with van der Waals surface area (Å²) < 4.78 is 0. The maximum absolute atomic E-state index is 11.3. The van der Waals surface area contributed by atoms with Gasteiger partial charge in [0.05, 0.1) is 5.69 Å². The number of carboxylic acid groups (broad SMARTS) is 1. The fourth-order valence-corrected chi connectivity index (χ4v) is 2.82. The molecule has 5 heteroatoms. The summed E-state index contributed by atoms with van der Waals surface area (Å²) in [5, 5.41) is 9.95. The smallest absolute Gasteiger partial charge is 0.312 e. The highest BCUT2D eigenvalue weighted by atomic mass is 35.5. The zero-order chi connectivity index (χ0) is 14.1. The second-order valence-electron chi connectivity index (χ2n) is 5.13. The Bertz CT molecular complexity index is 634. The Kier molecular flexibility index (Phi) is 3.49. The van der Waals surface area contributed by atoms with Crippen LogP contribution >= 0.6 is 11.6 Å². The summed E-state index contributed by atoms with van der Waals surface area (Å²) in [6.45, 7) is 0. The Morgan fingerprint density at radius 1 is 1.40 bits per heavy atom. The molecule has 1 aromatic carbocycles. The standard InChI is InChI=1S/C15H15ClN2O2/c16-10-6-4-9(5-7-10)8-13-17-12-3-1-2-11(15(19)20)14(12)18-13/h4-7,11H,1-3,8H2,(H,17,18)(H,19,20). The van der Waals surface area contributed by atoms with E-state index in [0.717, 1.165) is 29.9 Å². The molecule has 2 aromatic rings. The SMILES string of the molecule is O=C(O)C1CCCc2[nH]c(Cc3ccc(Cl)cc3)nc21. The van der Waals surface area contributed by atoms with E-state index in [4.69, 9.17) is 11.6 Å². The molecule has 0 aliphatic heterocycles. The van der Waals surface area contributed by atoms with E-state index in [1.54, 1.807) is 0 Å². The molecule has 0 amide bonds. The number of benzene rings is 1. The van der Waals surface area contributed by atoms with Crippen LogP contribution in [0.5, 0.6) is 0 Å². The predicted molar refractivity (Wildman–Crippen MR) is 76.2 cm³/mol. The Hall–Kier alpha value is -1.81. The molecule has 0 bridgehead atoms. The minimum atomic E-state index is -0.782. The topological polar surface area (TPSA) is 66.0 Å². The van der Waals surface area contributed by atoms with Crippen LogP contribution in [0.1, 0.15) is 41.5 Å². The molecule has 1 aromatic heterocycles. The molecule has 1 heterocycles. The highest BCUT2D eigenvalue weighted by Crippen LogP contribution is 2.30. The number of aliphatic carboxylic acids is 1. The average molecular weight is 291 g/mol. The van der Waals surface area contributed by atoms with Crippen LogP contribution in [-0.4, -0.2) is 21.0 Å². The minimum absolute atomic E-state index is 0.464. The first-order valence-electron chi connectivity index (χ1n) is 6.68. The first kappa shape index (κ1) is 13.2. The maximum Gasteiger partial charge on any atom is 0.312 e. The normalized spacial score (nSPS) is 17.8. The minimum Gasteiger partial charge on any atom is -0.481 e. The third-order valence-corrected chi connectivity index (χ3v) is 3.94. The molecule has 1 aliphatic rings. The highest BCUT2D eigenvalue weighted by molar-refractivity contribution is 6.30. The number of halogens is 1. The number of aromatic amines is 1. The van der Waals surface area contributed by atoms with Gasteiger partial charge in [-0.3, -0.25) is 4.79 Å². The molecule has 0 saturated carbocycles. The number of carboxylic acids is 1. The lowest BCUT2D eigenvalue weighted by Gasteiger charge is -2.16. The highest BCUT2D eigenvalue weighted by Gasteiger charge is 2.29. The van der Waals surface area contributed by atoms with Crippen molar-refractivity contribution in [2.45, 2.75) is 31.6 Å². The van der Waals surface area contributed by atoms with E-state index in [9.17, 15) is 9.90 Å². The zero-order valence-electron chi connectivity index (χ0n) is 10.9. The Morgan fingerprint density at radius 3 is 2.85 bits per heavy atom. The summed E-state index contributed by atoms with van der Waals surface area (Å²) >= 11 is 5.86. The van der Waals surface area contributed by atoms with E-state index in [-0.39, 0.29) is 0 Å². The molecule has 1 atom stereocenters. The van der Waals surface area contributed by atoms with Crippen LogP contribution in [0.4, 0.5) is 0 Å². The monoisotopic (exact) mass is 290 g/mol. The van der Waals surface area contributed by atoms with Crippen LogP contribution in [0.2, 0.25) is 5.02 Å². The largest absolute Gasteiger partial charge is 0.481 e. The summed E-state index contributed by atoms with van der Waals surface area (Å²) in [6, 6.07) is 7.61. The summed E-state index contributed by atoms with van der Waals surface area (Å²) in [6.07, 6.45) is 3.11. The zero-order valence-corrected chi connectivity index (χ0v) is 11.7. The number of nitrogens with one attached hydrogen (secondary N) is 1. The van der Waals surface area contributed by atoms with E-state index in [2.05, 4.69) is 9.97 Å². The molecule has 0 saturated heterocycles. The van der Waals surface area contributed by atoms with Crippen molar-refractivity contribution in [2.75, 3.05) is 0 Å². The van der Waals surface area contributed by atoms with Crippen molar-refractivity contribution in [3.8, 4) is 0 Å². The van der Waals surface area contributed by atoms with Crippen molar-refractivity contribution in [3.63, 3.8) is 0 Å². The lowest BCUT2D eigenvalue weighted by Crippen LogP contribution is -2.17. The Balaban J connectivity index is 1.85. The number of fused-ring (bicyclic) bond motifs is 1. The maximum atomic E-state index is 11.3. The Labute approximate surface area is 121 Å². The molecular weight excluding hydrogens is 276 g/mol. The van der Waals surface area contributed by atoms with Crippen LogP contribution in [0.3, 0.4) is 0 Å². The summed E-state index contributed by atoms with van der Waals surface area (Å²) in [5.74, 6) is -0.421. The quantitative estimate of drug-likeness (QED) is 0.912. The first-order valence-corrected chi connectivity index (χ1v) is 7.06. The van der Waals surface area contributed by atoms with Crippen molar-refractivity contribution in [1.29, 1.82) is 0 Å². The summed E-state index contributed by atoms with van der Waals surface area (Å²) in [5.41, 5.74) is 2.80. The fourth-order valence-electron chi connectivity index (χ4n) is 2.70. The van der Waals surface area contributed by atoms with Crippen molar-refractivity contribution in [1.82, 2.24) is 9.97 Å². The van der Waals surface area contributed by atoms with Gasteiger partial charge in [-0.15, -0.1) is 0 Å². The van der Waals surface area contributed by atoms with Gasteiger partial charge in [-0.2, -0.15) is 0 Å². The number of hydrogen-bond donors (Lipinski definition) is 2. The van der Waals surface area contributed by atoms with Crippen LogP contribution < -0.4 is 0 Å². The van der Waals surface area contributed by atoms with Gasteiger partial charge in [-0.05, 0) is 37.0 Å². The molecule has 20 heavy (non-hydrogen) atoms. The van der Waals surface area contributed by atoms with Gasteiger partial charge in [-0.1, -0.05) is 23.7 Å². The van der Waals surface area contributed by atoms with Crippen molar-refractivity contribution >= 4 is 17.6 Å². The molecule has 0 fully saturated rings. The molecule has 1 aliphatic carbocycles. The number of aryl methyl sites for hydroxylation is 1. The molecule has 0 spiro atoms. The average Bonchev–Trinajstić information content (AvgIpc) is 2.83. The third-order valence-electron chi connectivity index (χ3n) is 3.69. The number of carbonyl (C=O) groups is 1. The van der Waals surface area contributed by atoms with Crippen LogP contribution in [0, 0.1) is 0 Å². The molecule has 2 N–H and O–H groups in total. The third kappa shape index (κ3) is 2.56. The van der Waals surface area contributed by atoms with E-state index in [1.165, 1.54) is 0 Å². The first-order chi connectivity index (χ1) is 9.63. The number of rotatable bonds is 3. The molecule has 3 rings (SSSR count). The molecule has 1 unspecified atom stereocenters. The lowest BCUT2D eigenvalue weighted by molar-refractivity contribution is -0.139. The Morgan fingerprint density at radius 2 is 2.15 bits per heavy atom. The van der Waals surface area contributed by atoms with Gasteiger partial charge in [0.2, 0.25) is 0 Å². The molecular formula is C15H15ClN2O2. The predicted octanol–water partition coefficient (Wildman–Crippen LogP) is 3.16. The van der Waals surface area contributed by atoms with E-state index < -0.39 is 11.9 Å². The van der Waals surface area contributed by atoms with Gasteiger partial charge in [-0.25, -0.2) is 4.98 Å². The molecule has 104 valence electrons. The van der Waals surface area contributed by atoms with Gasteiger partial charge < -0.3 is 10.1 Å². The van der Waals surface area contributed by atoms with Crippen molar-refractivity contribution in [3.05, 3.63) is 52.1 Å². The van der Waals surface area contributed by atoms with Gasteiger partial charge in [0.1, 0.15) is 11.7 Å². The summed E-state index contributed by atoms with van der Waals surface area (Å²) in [7, 11) is 0. The van der Waals surface area contributed by atoms with Crippen LogP contribution in [0.15, 0.2) is 24.3 Å². The van der Waals surface area contributed by atoms with Gasteiger partial charge in [0.25, 0.3) is 0 Å². The number of aromatic nitrogens is 2. The van der Waals surface area contributed by atoms with Crippen molar-refractivity contribution < 1.29 is 9.90 Å². The van der Waals surface area contributed by atoms with Gasteiger partial charge in [0, 0.05) is 17.1 Å². The number of hydrogen-bond acceptors (Lipinski definition) is 2. The fraction of sp³-hybridized carbons (Fsp3) is 0.333. The molecule has 0 radical (unpaired) electrons. The van der Waals surface area contributed by atoms with E-state index >= 15 is 0 Å². The van der Waals surface area contributed by atoms with Crippen LogP contribution in [-0.2, 0) is 17.6 Å². The van der Waals surface area contributed by atoms with E-state index in [0.29, 0.717) is 23.6 Å². The lowest BCUT2D eigenvalue weighted by atomic mass is 9.90. The number of imidazole rings is 1.